The molecule has 0 N–H and O–H groups in total. The van der Waals surface area contributed by atoms with E-state index in [9.17, 15) is 9.59 Å². The Morgan fingerprint density at radius 3 is 1.32 bits per heavy atom. The third-order valence-corrected chi connectivity index (χ3v) is 8.97. The van der Waals surface area contributed by atoms with Gasteiger partial charge in [0.25, 0.3) is 0 Å². The second-order valence-corrected chi connectivity index (χ2v) is 13.8. The molecule has 0 aromatic carbocycles. The second kappa shape index (κ2) is 33.3. The van der Waals surface area contributed by atoms with Gasteiger partial charge in [0.05, 0.1) is 5.92 Å². The van der Waals surface area contributed by atoms with E-state index in [1.807, 2.05) is 14.1 Å². The lowest BCUT2D eigenvalue weighted by atomic mass is 9.94. The van der Waals surface area contributed by atoms with Gasteiger partial charge in [0, 0.05) is 6.42 Å². The first-order chi connectivity index (χ1) is 21.4. The fourth-order valence-electron chi connectivity index (χ4n) is 6.01. The highest BCUT2D eigenvalue weighted by atomic mass is 16.6. The number of hydrogen-bond donors (Lipinski definition) is 0. The van der Waals surface area contributed by atoms with Crippen LogP contribution in [0.5, 0.6) is 0 Å². The normalized spacial score (nSPS) is 12.2. The van der Waals surface area contributed by atoms with Crippen LogP contribution in [-0.2, 0) is 19.1 Å². The second-order valence-electron chi connectivity index (χ2n) is 13.8. The zero-order valence-corrected chi connectivity index (χ0v) is 30.4. The third kappa shape index (κ3) is 29.6. The molecule has 0 aromatic heterocycles. The maximum atomic E-state index is 13.3. The van der Waals surface area contributed by atoms with E-state index in [2.05, 4.69) is 25.7 Å². The van der Waals surface area contributed by atoms with Gasteiger partial charge in [-0.3, -0.25) is 9.59 Å². The molecule has 1 atom stereocenters. The maximum Gasteiger partial charge on any atom is 0.309 e. The summed E-state index contributed by atoms with van der Waals surface area (Å²) in [6.45, 7) is 7.84. The van der Waals surface area contributed by atoms with Gasteiger partial charge in [-0.15, -0.1) is 0 Å². The zero-order chi connectivity index (χ0) is 32.5. The van der Waals surface area contributed by atoms with Crippen LogP contribution in [0, 0.1) is 5.92 Å². The molecule has 0 aliphatic carbocycles. The van der Waals surface area contributed by atoms with E-state index in [1.54, 1.807) is 0 Å². The highest BCUT2D eigenvalue weighted by molar-refractivity contribution is 5.72. The van der Waals surface area contributed by atoms with Crippen molar-refractivity contribution >= 4 is 11.9 Å². The van der Waals surface area contributed by atoms with Crippen molar-refractivity contribution in [1.82, 2.24) is 4.90 Å². The predicted molar refractivity (Wildman–Crippen MR) is 189 cm³/mol. The molecule has 0 saturated carbocycles. The van der Waals surface area contributed by atoms with Gasteiger partial charge in [-0.2, -0.15) is 0 Å². The van der Waals surface area contributed by atoms with Gasteiger partial charge >= 0.3 is 11.9 Å². The van der Waals surface area contributed by atoms with Gasteiger partial charge in [0.15, 0.2) is 0 Å². The van der Waals surface area contributed by atoms with Crippen LogP contribution < -0.4 is 0 Å². The Morgan fingerprint density at radius 2 is 0.909 bits per heavy atom. The predicted octanol–water partition coefficient (Wildman–Crippen LogP) is 11.6. The average molecular weight is 624 g/mol. The summed E-state index contributed by atoms with van der Waals surface area (Å²) >= 11 is 0. The quantitative estimate of drug-likeness (QED) is 0.0527. The molecule has 44 heavy (non-hydrogen) atoms. The molecule has 262 valence electrons. The zero-order valence-electron chi connectivity index (χ0n) is 30.4. The van der Waals surface area contributed by atoms with Crippen LogP contribution in [0.25, 0.3) is 0 Å². The number of esters is 2. The average Bonchev–Trinajstić information content (AvgIpc) is 3.00. The first kappa shape index (κ1) is 42.9. The maximum absolute atomic E-state index is 13.3. The van der Waals surface area contributed by atoms with Gasteiger partial charge in [-0.25, -0.2) is 0 Å². The smallest absolute Gasteiger partial charge is 0.309 e. The molecule has 0 heterocycles. The Morgan fingerprint density at radius 1 is 0.523 bits per heavy atom. The molecule has 5 heteroatoms. The van der Waals surface area contributed by atoms with Crippen molar-refractivity contribution in [3.05, 3.63) is 0 Å². The number of carbonyl (C=O) groups excluding carboxylic acids is 2. The monoisotopic (exact) mass is 624 g/mol. The van der Waals surface area contributed by atoms with Crippen LogP contribution in [0.15, 0.2) is 0 Å². The summed E-state index contributed by atoms with van der Waals surface area (Å²) in [6.07, 6.45) is 32.5. The molecular weight excluding hydrogens is 546 g/mol. The van der Waals surface area contributed by atoms with E-state index in [1.165, 1.54) is 122 Å². The van der Waals surface area contributed by atoms with Crippen molar-refractivity contribution in [2.45, 2.75) is 207 Å². The van der Waals surface area contributed by atoms with Crippen LogP contribution in [0.4, 0.5) is 0 Å². The first-order valence-electron chi connectivity index (χ1n) is 19.4. The molecular formula is C39H77NO4. The van der Waals surface area contributed by atoms with Gasteiger partial charge in [0.2, 0.25) is 0 Å². The Balaban J connectivity index is 4.77. The Labute approximate surface area is 275 Å². The van der Waals surface area contributed by atoms with Crippen LogP contribution in [0.3, 0.4) is 0 Å². The van der Waals surface area contributed by atoms with E-state index < -0.39 is 0 Å². The minimum absolute atomic E-state index is 0.0224. The number of hydrogen-bond acceptors (Lipinski definition) is 5. The lowest BCUT2D eigenvalue weighted by Gasteiger charge is -2.21. The van der Waals surface area contributed by atoms with Crippen LogP contribution in [0.2, 0.25) is 0 Å². The molecule has 0 aliphatic heterocycles. The topological polar surface area (TPSA) is 55.8 Å². The van der Waals surface area contributed by atoms with E-state index in [-0.39, 0.29) is 30.6 Å². The molecule has 1 unspecified atom stereocenters. The number of nitrogens with zero attached hydrogens (tertiary/aromatic N) is 1. The highest BCUT2D eigenvalue weighted by Gasteiger charge is 2.22. The van der Waals surface area contributed by atoms with Crippen molar-refractivity contribution in [3.63, 3.8) is 0 Å². The number of carbonyl (C=O) groups is 2. The summed E-state index contributed by atoms with van der Waals surface area (Å²) in [5.41, 5.74) is 0. The minimum Gasteiger partial charge on any atom is -0.462 e. The SMILES string of the molecule is CCCCCCCCCCCCCC(COC(=O)C(CCCCCCCC)CCCCCCCC)OC(=O)CCCN(C)C. The van der Waals surface area contributed by atoms with E-state index in [0.29, 0.717) is 6.42 Å². The van der Waals surface area contributed by atoms with Crippen molar-refractivity contribution in [2.75, 3.05) is 27.2 Å². The van der Waals surface area contributed by atoms with Gasteiger partial charge < -0.3 is 14.4 Å². The van der Waals surface area contributed by atoms with Crippen molar-refractivity contribution < 1.29 is 19.1 Å². The molecule has 0 spiro atoms. The van der Waals surface area contributed by atoms with Crippen molar-refractivity contribution in [2.24, 2.45) is 5.92 Å². The van der Waals surface area contributed by atoms with E-state index in [4.69, 9.17) is 9.47 Å². The molecule has 0 radical (unpaired) electrons. The van der Waals surface area contributed by atoms with Crippen LogP contribution in [0.1, 0.15) is 201 Å². The van der Waals surface area contributed by atoms with Crippen molar-refractivity contribution in [1.29, 1.82) is 0 Å². The van der Waals surface area contributed by atoms with E-state index in [0.717, 1.165) is 57.9 Å². The highest BCUT2D eigenvalue weighted by Crippen LogP contribution is 2.22. The summed E-state index contributed by atoms with van der Waals surface area (Å²) in [6, 6.07) is 0. The number of rotatable bonds is 34. The molecule has 0 rings (SSSR count). The molecule has 5 nitrogen and oxygen atoms in total. The summed E-state index contributed by atoms with van der Waals surface area (Å²) in [4.78, 5) is 28.0. The molecule has 0 saturated heterocycles. The lowest BCUT2D eigenvalue weighted by Crippen LogP contribution is -2.28. The summed E-state index contributed by atoms with van der Waals surface area (Å²) in [5, 5.41) is 0. The fourth-order valence-corrected chi connectivity index (χ4v) is 6.01. The standard InChI is InChI=1S/C39H77NO4/c1-6-9-12-15-18-19-20-21-22-25-28-32-37(44-38(41)33-29-34-40(4)5)35-43-39(42)36(30-26-23-16-13-10-7-2)31-27-24-17-14-11-8-3/h36-37H,6-35H2,1-5H3. The van der Waals surface area contributed by atoms with Gasteiger partial charge in [-0.1, -0.05) is 162 Å². The fraction of sp³-hybridized carbons (Fsp3) is 0.949. The molecule has 0 aromatic rings. The summed E-state index contributed by atoms with van der Waals surface area (Å²) < 4.78 is 11.8. The van der Waals surface area contributed by atoms with Gasteiger partial charge in [0.1, 0.15) is 12.7 Å². The summed E-state index contributed by atoms with van der Waals surface area (Å²) in [5.74, 6) is -0.253. The molecule has 0 bridgehead atoms. The largest absolute Gasteiger partial charge is 0.462 e. The van der Waals surface area contributed by atoms with Crippen molar-refractivity contribution in [3.8, 4) is 0 Å². The molecule has 0 fully saturated rings. The Bertz CT molecular complexity index is 607. The Hall–Kier alpha value is -1.10. The minimum atomic E-state index is -0.326. The number of unbranched alkanes of at least 4 members (excludes halogenated alkanes) is 20. The Kier molecular flexibility index (Phi) is 32.4. The summed E-state index contributed by atoms with van der Waals surface area (Å²) in [7, 11) is 4.04. The van der Waals surface area contributed by atoms with E-state index >= 15 is 0 Å². The number of ether oxygens (including phenoxy) is 2. The molecule has 0 aliphatic rings. The van der Waals surface area contributed by atoms with Crippen LogP contribution >= 0.6 is 0 Å². The molecule has 0 amide bonds. The third-order valence-electron chi connectivity index (χ3n) is 8.97. The first-order valence-corrected chi connectivity index (χ1v) is 19.4. The lowest BCUT2D eigenvalue weighted by molar-refractivity contribution is -0.162. The van der Waals surface area contributed by atoms with Crippen LogP contribution in [-0.4, -0.2) is 50.2 Å². The van der Waals surface area contributed by atoms with Gasteiger partial charge in [-0.05, 0) is 52.7 Å².